The molecule has 0 atom stereocenters. The van der Waals surface area contributed by atoms with Crippen molar-refractivity contribution in [2.45, 2.75) is 11.8 Å². The summed E-state index contributed by atoms with van der Waals surface area (Å²) < 4.78 is 38.1. The number of ketones is 1. The van der Waals surface area contributed by atoms with Crippen molar-refractivity contribution in [3.8, 4) is 0 Å². The number of nitrogens with one attached hydrogen (secondary N) is 1. The fourth-order valence-electron chi connectivity index (χ4n) is 3.68. The summed E-state index contributed by atoms with van der Waals surface area (Å²) in [5, 5.41) is 0.758. The topological polar surface area (TPSA) is 106 Å². The fourth-order valence-corrected chi connectivity index (χ4v) is 6.04. The highest BCUT2D eigenvalue weighted by Gasteiger charge is 2.29. The summed E-state index contributed by atoms with van der Waals surface area (Å²) in [7, 11) is -3.82. The van der Waals surface area contributed by atoms with Crippen LogP contribution in [0.3, 0.4) is 0 Å². The first kappa shape index (κ1) is 22.7. The van der Waals surface area contributed by atoms with Gasteiger partial charge in [-0.3, -0.25) is 4.79 Å². The monoisotopic (exact) mass is 520 g/mol. The van der Waals surface area contributed by atoms with Crippen molar-refractivity contribution in [2.75, 3.05) is 32.9 Å². The molecule has 1 saturated heterocycles. The smallest absolute Gasteiger partial charge is 0.338 e. The molecule has 168 valence electrons. The number of nitrogens with zero attached hydrogens (tertiary/aromatic N) is 1. The van der Waals surface area contributed by atoms with Crippen LogP contribution in [0, 0.1) is 6.92 Å². The van der Waals surface area contributed by atoms with Crippen LogP contribution < -0.4 is 0 Å². The number of para-hydroxylation sites is 1. The molecule has 0 amide bonds. The van der Waals surface area contributed by atoms with Crippen molar-refractivity contribution in [2.24, 2.45) is 0 Å². The van der Waals surface area contributed by atoms with Crippen LogP contribution in [-0.4, -0.2) is 62.4 Å². The summed E-state index contributed by atoms with van der Waals surface area (Å²) in [5.74, 6) is -1.12. The number of H-pyrrole nitrogens is 1. The lowest BCUT2D eigenvalue weighted by molar-refractivity contribution is 0.0474. The van der Waals surface area contributed by atoms with Crippen LogP contribution in [0.5, 0.6) is 0 Å². The molecule has 0 bridgehead atoms. The number of esters is 1. The van der Waals surface area contributed by atoms with Crippen LogP contribution in [0.15, 0.2) is 51.8 Å². The Hall–Kier alpha value is -2.53. The van der Waals surface area contributed by atoms with E-state index in [4.69, 9.17) is 9.47 Å². The predicted octanol–water partition coefficient (Wildman–Crippen LogP) is 3.30. The Morgan fingerprint density at radius 2 is 1.88 bits per heavy atom. The molecule has 1 aliphatic heterocycles. The Bertz CT molecular complexity index is 1290. The number of aryl methyl sites for hydroxylation is 1. The van der Waals surface area contributed by atoms with E-state index in [-0.39, 0.29) is 29.3 Å². The molecule has 1 fully saturated rings. The first-order valence-corrected chi connectivity index (χ1v) is 12.2. The molecular formula is C22H21BrN2O6S. The largest absolute Gasteiger partial charge is 0.454 e. The van der Waals surface area contributed by atoms with Gasteiger partial charge >= 0.3 is 5.97 Å². The number of aromatic amines is 1. The second kappa shape index (κ2) is 9.14. The number of hydrogen-bond donors (Lipinski definition) is 1. The van der Waals surface area contributed by atoms with E-state index in [1.807, 2.05) is 24.3 Å². The molecule has 32 heavy (non-hydrogen) atoms. The van der Waals surface area contributed by atoms with Crippen LogP contribution in [-0.2, 0) is 19.5 Å². The van der Waals surface area contributed by atoms with Gasteiger partial charge in [0.05, 0.1) is 23.7 Å². The number of aromatic nitrogens is 1. The lowest BCUT2D eigenvalue weighted by Gasteiger charge is -2.26. The Morgan fingerprint density at radius 1 is 1.16 bits per heavy atom. The number of carbonyl (C=O) groups is 2. The molecule has 8 nitrogen and oxygen atoms in total. The van der Waals surface area contributed by atoms with Gasteiger partial charge in [0.2, 0.25) is 15.8 Å². The highest BCUT2D eigenvalue weighted by Crippen LogP contribution is 2.27. The second-order valence-corrected chi connectivity index (χ2v) is 10.1. The van der Waals surface area contributed by atoms with Gasteiger partial charge in [-0.2, -0.15) is 4.31 Å². The maximum absolute atomic E-state index is 13.0. The Balaban J connectivity index is 1.52. The summed E-state index contributed by atoms with van der Waals surface area (Å²) in [6.45, 7) is 2.43. The Morgan fingerprint density at radius 3 is 2.62 bits per heavy atom. The number of morpholine rings is 1. The van der Waals surface area contributed by atoms with Gasteiger partial charge in [0.15, 0.2) is 6.61 Å². The molecule has 2 aromatic carbocycles. The lowest BCUT2D eigenvalue weighted by atomic mass is 10.1. The standard InChI is InChI=1S/C22H21BrN2O6S/c1-14-21(16-4-2-3-5-18(16)24-14)19(26)13-31-22(27)15-6-7-17(23)20(12-15)32(28,29)25-8-10-30-11-9-25/h2-7,12,24H,8-11,13H2,1H3. The van der Waals surface area contributed by atoms with E-state index < -0.39 is 22.6 Å². The van der Waals surface area contributed by atoms with E-state index in [0.29, 0.717) is 28.9 Å². The van der Waals surface area contributed by atoms with E-state index in [1.54, 1.807) is 6.92 Å². The van der Waals surface area contributed by atoms with Crippen molar-refractivity contribution in [1.82, 2.24) is 9.29 Å². The molecule has 0 unspecified atom stereocenters. The van der Waals surface area contributed by atoms with Crippen LogP contribution in [0.1, 0.15) is 26.4 Å². The lowest BCUT2D eigenvalue weighted by Crippen LogP contribution is -2.40. The molecule has 4 rings (SSSR count). The number of rotatable bonds is 6. The number of Topliss-reactive ketones (excluding diaryl/α,β-unsaturated/α-hetero) is 1. The Kier molecular flexibility index (Phi) is 6.47. The first-order chi connectivity index (χ1) is 15.3. The highest BCUT2D eigenvalue weighted by atomic mass is 79.9. The Labute approximate surface area is 193 Å². The minimum absolute atomic E-state index is 0.0346. The molecule has 2 heterocycles. The minimum atomic E-state index is -3.82. The van der Waals surface area contributed by atoms with Gasteiger partial charge < -0.3 is 14.5 Å². The maximum atomic E-state index is 13.0. The van der Waals surface area contributed by atoms with Gasteiger partial charge in [0.1, 0.15) is 0 Å². The van der Waals surface area contributed by atoms with Crippen molar-refractivity contribution < 1.29 is 27.5 Å². The molecule has 1 aliphatic rings. The van der Waals surface area contributed by atoms with Crippen molar-refractivity contribution >= 4 is 48.6 Å². The number of sulfonamides is 1. The molecule has 0 aliphatic carbocycles. The van der Waals surface area contributed by atoms with Gasteiger partial charge in [-0.05, 0) is 47.1 Å². The molecule has 1 N–H and O–H groups in total. The number of halogens is 1. The number of benzene rings is 2. The maximum Gasteiger partial charge on any atom is 0.338 e. The van der Waals surface area contributed by atoms with Gasteiger partial charge in [-0.15, -0.1) is 0 Å². The number of hydrogen-bond acceptors (Lipinski definition) is 6. The van der Waals surface area contributed by atoms with Crippen molar-refractivity contribution in [3.05, 3.63) is 63.8 Å². The zero-order valence-electron chi connectivity index (χ0n) is 17.3. The van der Waals surface area contributed by atoms with Gasteiger partial charge in [0, 0.05) is 39.7 Å². The number of carbonyl (C=O) groups excluding carboxylic acids is 2. The van der Waals surface area contributed by atoms with Crippen molar-refractivity contribution in [1.29, 1.82) is 0 Å². The van der Waals surface area contributed by atoms with E-state index in [9.17, 15) is 18.0 Å². The summed E-state index contributed by atoms with van der Waals surface area (Å²) in [6, 6.07) is 11.6. The molecule has 1 aromatic heterocycles. The van der Waals surface area contributed by atoms with Crippen LogP contribution in [0.4, 0.5) is 0 Å². The van der Waals surface area contributed by atoms with E-state index in [0.717, 1.165) is 10.9 Å². The highest BCUT2D eigenvalue weighted by molar-refractivity contribution is 9.10. The SMILES string of the molecule is Cc1[nH]c2ccccc2c1C(=O)COC(=O)c1ccc(Br)c(S(=O)(=O)N2CCOCC2)c1. The van der Waals surface area contributed by atoms with Crippen LogP contribution in [0.25, 0.3) is 10.9 Å². The fraction of sp³-hybridized carbons (Fsp3) is 0.273. The van der Waals surface area contributed by atoms with Gasteiger partial charge in [-0.1, -0.05) is 18.2 Å². The molecule has 10 heteroatoms. The van der Waals surface area contributed by atoms with Gasteiger partial charge in [0.25, 0.3) is 0 Å². The summed E-state index contributed by atoms with van der Waals surface area (Å²) >= 11 is 3.25. The summed E-state index contributed by atoms with van der Waals surface area (Å²) in [5.41, 5.74) is 2.03. The first-order valence-electron chi connectivity index (χ1n) is 9.94. The third kappa shape index (κ3) is 4.36. The predicted molar refractivity (Wildman–Crippen MR) is 121 cm³/mol. The second-order valence-electron chi connectivity index (χ2n) is 7.33. The quantitative estimate of drug-likeness (QED) is 0.394. The van der Waals surface area contributed by atoms with E-state index >= 15 is 0 Å². The summed E-state index contributed by atoms with van der Waals surface area (Å²) in [4.78, 5) is 28.5. The molecule has 3 aromatic rings. The molecular weight excluding hydrogens is 500 g/mol. The molecule has 0 radical (unpaired) electrons. The zero-order chi connectivity index (χ0) is 22.9. The van der Waals surface area contributed by atoms with Crippen molar-refractivity contribution in [3.63, 3.8) is 0 Å². The van der Waals surface area contributed by atoms with E-state index in [1.165, 1.54) is 22.5 Å². The van der Waals surface area contributed by atoms with Crippen LogP contribution in [0.2, 0.25) is 0 Å². The average molecular weight is 521 g/mol. The number of ether oxygens (including phenoxy) is 2. The van der Waals surface area contributed by atoms with Crippen LogP contribution >= 0.6 is 15.9 Å². The average Bonchev–Trinajstić information content (AvgIpc) is 3.13. The third-order valence-corrected chi connectivity index (χ3v) is 8.15. The minimum Gasteiger partial charge on any atom is -0.454 e. The van der Waals surface area contributed by atoms with E-state index in [2.05, 4.69) is 20.9 Å². The summed E-state index contributed by atoms with van der Waals surface area (Å²) in [6.07, 6.45) is 0. The third-order valence-electron chi connectivity index (χ3n) is 5.26. The molecule has 0 spiro atoms. The normalized spacial score (nSPS) is 15.1. The van der Waals surface area contributed by atoms with Gasteiger partial charge in [-0.25, -0.2) is 13.2 Å². The number of fused-ring (bicyclic) bond motifs is 1. The molecule has 0 saturated carbocycles. The zero-order valence-corrected chi connectivity index (χ0v) is 19.7.